The molecule has 6 nitrogen and oxygen atoms in total. The van der Waals surface area contributed by atoms with Crippen molar-refractivity contribution in [1.29, 1.82) is 0 Å². The van der Waals surface area contributed by atoms with E-state index in [1.54, 1.807) is 25.1 Å². The molecule has 0 aromatic heterocycles. The van der Waals surface area contributed by atoms with E-state index in [1.807, 2.05) is 6.92 Å². The van der Waals surface area contributed by atoms with Gasteiger partial charge in [0.1, 0.15) is 5.54 Å². The Labute approximate surface area is 123 Å². The molecular weight excluding hydrogens is 274 g/mol. The van der Waals surface area contributed by atoms with Gasteiger partial charge in [0.15, 0.2) is 11.5 Å². The Bertz CT molecular complexity index is 557. The van der Waals surface area contributed by atoms with Gasteiger partial charge in [-0.3, -0.25) is 4.79 Å². The molecule has 0 aliphatic carbocycles. The minimum atomic E-state index is -1.04. The second kappa shape index (κ2) is 6.03. The molecule has 0 saturated heterocycles. The number of ether oxygens (including phenoxy) is 3. The van der Waals surface area contributed by atoms with Gasteiger partial charge in [0, 0.05) is 5.56 Å². The van der Waals surface area contributed by atoms with Gasteiger partial charge in [-0.2, -0.15) is 0 Å². The standard InChI is InChI=1S/C15H19NO5/c1-4-7-15(2,14(18)19-3)16-13(17)10-5-6-11-12(8-10)21-9-20-11/h5-6,8H,4,7,9H2,1-3H3,(H,16,17)/t15-/m1/s1. The van der Waals surface area contributed by atoms with Gasteiger partial charge in [-0.1, -0.05) is 13.3 Å². The molecule has 21 heavy (non-hydrogen) atoms. The highest BCUT2D eigenvalue weighted by atomic mass is 16.7. The van der Waals surface area contributed by atoms with E-state index in [0.717, 1.165) is 6.42 Å². The van der Waals surface area contributed by atoms with E-state index in [1.165, 1.54) is 7.11 Å². The quantitative estimate of drug-likeness (QED) is 0.839. The van der Waals surface area contributed by atoms with Crippen molar-refractivity contribution in [3.63, 3.8) is 0 Å². The summed E-state index contributed by atoms with van der Waals surface area (Å²) in [5, 5.41) is 2.74. The van der Waals surface area contributed by atoms with E-state index in [-0.39, 0.29) is 12.7 Å². The Morgan fingerprint density at radius 3 is 2.71 bits per heavy atom. The fourth-order valence-corrected chi connectivity index (χ4v) is 2.30. The van der Waals surface area contributed by atoms with Crippen LogP contribution in [0, 0.1) is 0 Å². The Hall–Kier alpha value is -2.24. The Kier molecular flexibility index (Phi) is 4.35. The van der Waals surface area contributed by atoms with Crippen LogP contribution >= 0.6 is 0 Å². The largest absolute Gasteiger partial charge is 0.467 e. The molecule has 1 heterocycles. The van der Waals surface area contributed by atoms with Gasteiger partial charge in [0.2, 0.25) is 6.79 Å². The first-order valence-electron chi connectivity index (χ1n) is 6.80. The number of carbonyl (C=O) groups is 2. The summed E-state index contributed by atoms with van der Waals surface area (Å²) in [7, 11) is 1.31. The van der Waals surface area contributed by atoms with Crippen LogP contribution in [0.5, 0.6) is 11.5 Å². The number of carbonyl (C=O) groups excluding carboxylic acids is 2. The summed E-state index contributed by atoms with van der Waals surface area (Å²) in [5.74, 6) is 0.321. The predicted molar refractivity (Wildman–Crippen MR) is 75.4 cm³/mol. The average Bonchev–Trinajstić information content (AvgIpc) is 2.93. The maximum atomic E-state index is 12.3. The van der Waals surface area contributed by atoms with Crippen LogP contribution < -0.4 is 14.8 Å². The Morgan fingerprint density at radius 1 is 1.33 bits per heavy atom. The van der Waals surface area contributed by atoms with Gasteiger partial charge in [0.25, 0.3) is 5.91 Å². The highest BCUT2D eigenvalue weighted by molar-refractivity contribution is 5.98. The van der Waals surface area contributed by atoms with Crippen molar-refractivity contribution in [3.05, 3.63) is 23.8 Å². The van der Waals surface area contributed by atoms with Gasteiger partial charge in [-0.15, -0.1) is 0 Å². The van der Waals surface area contributed by atoms with Gasteiger partial charge in [-0.05, 0) is 31.5 Å². The summed E-state index contributed by atoms with van der Waals surface area (Å²) in [6.45, 7) is 3.75. The topological polar surface area (TPSA) is 73.9 Å². The van der Waals surface area contributed by atoms with Crippen LogP contribution in [0.25, 0.3) is 0 Å². The summed E-state index contributed by atoms with van der Waals surface area (Å²) in [6.07, 6.45) is 1.24. The Balaban J connectivity index is 2.17. The molecule has 1 atom stereocenters. The number of esters is 1. The first kappa shape index (κ1) is 15.2. The number of rotatable bonds is 5. The third kappa shape index (κ3) is 3.09. The van der Waals surface area contributed by atoms with Crippen LogP contribution in [0.15, 0.2) is 18.2 Å². The lowest BCUT2D eigenvalue weighted by atomic mass is 9.95. The highest BCUT2D eigenvalue weighted by Crippen LogP contribution is 2.32. The normalized spacial score (nSPS) is 15.2. The van der Waals surface area contributed by atoms with E-state index >= 15 is 0 Å². The monoisotopic (exact) mass is 293 g/mol. The molecule has 1 aromatic carbocycles. The molecule has 1 N–H and O–H groups in total. The number of hydrogen-bond donors (Lipinski definition) is 1. The third-order valence-electron chi connectivity index (χ3n) is 3.41. The molecule has 1 aromatic rings. The third-order valence-corrected chi connectivity index (χ3v) is 3.41. The highest BCUT2D eigenvalue weighted by Gasteiger charge is 2.35. The minimum absolute atomic E-state index is 0.149. The molecule has 0 unspecified atom stereocenters. The summed E-state index contributed by atoms with van der Waals surface area (Å²) in [4.78, 5) is 24.2. The first-order chi connectivity index (χ1) is 10.00. The van der Waals surface area contributed by atoms with Crippen LogP contribution in [-0.4, -0.2) is 31.3 Å². The molecule has 0 fully saturated rings. The molecule has 6 heteroatoms. The van der Waals surface area contributed by atoms with Crippen molar-refractivity contribution in [1.82, 2.24) is 5.32 Å². The lowest BCUT2D eigenvalue weighted by Gasteiger charge is -2.27. The molecule has 0 bridgehead atoms. The van der Waals surface area contributed by atoms with Crippen LogP contribution in [0.4, 0.5) is 0 Å². The second-order valence-electron chi connectivity index (χ2n) is 5.10. The number of amides is 1. The molecule has 0 radical (unpaired) electrons. The van der Waals surface area contributed by atoms with Crippen molar-refractivity contribution in [2.24, 2.45) is 0 Å². The van der Waals surface area contributed by atoms with Crippen molar-refractivity contribution in [2.75, 3.05) is 13.9 Å². The van der Waals surface area contributed by atoms with E-state index in [0.29, 0.717) is 23.5 Å². The van der Waals surface area contributed by atoms with E-state index in [2.05, 4.69) is 5.32 Å². The van der Waals surface area contributed by atoms with Crippen molar-refractivity contribution < 1.29 is 23.8 Å². The zero-order valence-electron chi connectivity index (χ0n) is 12.4. The van der Waals surface area contributed by atoms with Crippen molar-refractivity contribution >= 4 is 11.9 Å². The lowest BCUT2D eigenvalue weighted by Crippen LogP contribution is -2.52. The van der Waals surface area contributed by atoms with Gasteiger partial charge in [-0.25, -0.2) is 4.79 Å². The SMILES string of the molecule is CCC[C@@](C)(NC(=O)c1ccc2c(c1)OCO2)C(=O)OC. The number of benzene rings is 1. The fraction of sp³-hybridized carbons (Fsp3) is 0.467. The minimum Gasteiger partial charge on any atom is -0.467 e. The smallest absolute Gasteiger partial charge is 0.331 e. The number of nitrogens with one attached hydrogen (secondary N) is 1. The molecule has 1 aliphatic heterocycles. The second-order valence-corrected chi connectivity index (χ2v) is 5.10. The molecule has 0 spiro atoms. The zero-order valence-corrected chi connectivity index (χ0v) is 12.4. The van der Waals surface area contributed by atoms with Gasteiger partial charge < -0.3 is 19.5 Å². The zero-order chi connectivity index (χ0) is 15.5. The molecular formula is C15H19NO5. The van der Waals surface area contributed by atoms with Crippen LogP contribution in [-0.2, 0) is 9.53 Å². The van der Waals surface area contributed by atoms with Gasteiger partial charge in [0.05, 0.1) is 7.11 Å². The van der Waals surface area contributed by atoms with E-state index < -0.39 is 11.5 Å². The number of methoxy groups -OCH3 is 1. The molecule has 2 rings (SSSR count). The molecule has 1 amide bonds. The maximum Gasteiger partial charge on any atom is 0.331 e. The lowest BCUT2D eigenvalue weighted by molar-refractivity contribution is -0.147. The van der Waals surface area contributed by atoms with Crippen molar-refractivity contribution in [3.8, 4) is 11.5 Å². The van der Waals surface area contributed by atoms with Crippen LogP contribution in [0.3, 0.4) is 0 Å². The number of hydrogen-bond acceptors (Lipinski definition) is 5. The fourth-order valence-electron chi connectivity index (χ4n) is 2.30. The predicted octanol–water partition coefficient (Wildman–Crippen LogP) is 1.88. The van der Waals surface area contributed by atoms with Crippen LogP contribution in [0.1, 0.15) is 37.0 Å². The molecule has 1 aliphatic rings. The molecule has 114 valence electrons. The van der Waals surface area contributed by atoms with Gasteiger partial charge >= 0.3 is 5.97 Å². The van der Waals surface area contributed by atoms with Crippen LogP contribution in [0.2, 0.25) is 0 Å². The number of fused-ring (bicyclic) bond motifs is 1. The maximum absolute atomic E-state index is 12.3. The average molecular weight is 293 g/mol. The Morgan fingerprint density at radius 2 is 2.05 bits per heavy atom. The summed E-state index contributed by atoms with van der Waals surface area (Å²) >= 11 is 0. The molecule has 0 saturated carbocycles. The summed E-state index contributed by atoms with van der Waals surface area (Å²) < 4.78 is 15.2. The summed E-state index contributed by atoms with van der Waals surface area (Å²) in [5.41, 5.74) is -0.637. The van der Waals surface area contributed by atoms with Crippen molar-refractivity contribution in [2.45, 2.75) is 32.2 Å². The summed E-state index contributed by atoms with van der Waals surface area (Å²) in [6, 6.07) is 4.90. The first-order valence-corrected chi connectivity index (χ1v) is 6.80. The van der Waals surface area contributed by atoms with E-state index in [4.69, 9.17) is 14.2 Å². The van der Waals surface area contributed by atoms with E-state index in [9.17, 15) is 9.59 Å².